The van der Waals surface area contributed by atoms with Crippen LogP contribution in [-0.4, -0.2) is 24.6 Å². The summed E-state index contributed by atoms with van der Waals surface area (Å²) in [6.45, 7) is 2.40. The summed E-state index contributed by atoms with van der Waals surface area (Å²) >= 11 is 0. The van der Waals surface area contributed by atoms with Gasteiger partial charge in [0.15, 0.2) is 11.5 Å². The Hall–Kier alpha value is -3.35. The van der Waals surface area contributed by atoms with Crippen molar-refractivity contribution in [1.29, 1.82) is 0 Å². The van der Waals surface area contributed by atoms with Crippen LogP contribution in [-0.2, 0) is 4.79 Å². The topological polar surface area (TPSA) is 87.9 Å². The van der Waals surface area contributed by atoms with E-state index >= 15 is 0 Å². The molecule has 0 saturated carbocycles. The van der Waals surface area contributed by atoms with Gasteiger partial charge in [-0.05, 0) is 43.2 Å². The van der Waals surface area contributed by atoms with E-state index in [4.69, 9.17) is 14.2 Å². The van der Waals surface area contributed by atoms with Crippen molar-refractivity contribution < 1.29 is 23.9 Å². The number of esters is 1. The molecule has 0 aliphatic carbocycles. The molecule has 0 aromatic heterocycles. The van der Waals surface area contributed by atoms with Crippen LogP contribution >= 0.6 is 0 Å². The van der Waals surface area contributed by atoms with Crippen LogP contribution in [0.3, 0.4) is 0 Å². The van der Waals surface area contributed by atoms with Crippen molar-refractivity contribution in [2.75, 3.05) is 13.7 Å². The molecule has 27 heavy (non-hydrogen) atoms. The van der Waals surface area contributed by atoms with Gasteiger partial charge in [-0.25, -0.2) is 0 Å². The highest BCUT2D eigenvalue weighted by Crippen LogP contribution is 2.29. The van der Waals surface area contributed by atoms with Crippen molar-refractivity contribution in [1.82, 2.24) is 0 Å². The monoisotopic (exact) mass is 371 g/mol. The third-order valence-corrected chi connectivity index (χ3v) is 3.62. The average Bonchev–Trinajstić information content (AvgIpc) is 2.65. The summed E-state index contributed by atoms with van der Waals surface area (Å²) in [5, 5.41) is 10.4. The molecule has 0 fully saturated rings. The fraction of sp³-hybridized carbons (Fsp3) is 0.250. The number of carbonyl (C=O) groups excluding carboxylic acids is 1. The third-order valence-electron chi connectivity index (χ3n) is 3.62. The first kappa shape index (κ1) is 20.0. The normalized spacial score (nSPS) is 10.6. The Balaban J connectivity index is 1.83. The predicted octanol–water partition coefficient (Wildman–Crippen LogP) is 4.02. The van der Waals surface area contributed by atoms with Crippen molar-refractivity contribution in [2.24, 2.45) is 0 Å². The number of rotatable bonds is 9. The molecule has 0 heterocycles. The quantitative estimate of drug-likeness (QED) is 0.217. The average molecular weight is 371 g/mol. The molecular formula is C20H21NO6. The molecule has 2 aromatic carbocycles. The summed E-state index contributed by atoms with van der Waals surface area (Å²) in [6.07, 6.45) is 2.86. The van der Waals surface area contributed by atoms with E-state index in [0.29, 0.717) is 24.3 Å². The van der Waals surface area contributed by atoms with Crippen molar-refractivity contribution in [3.8, 4) is 17.2 Å². The Morgan fingerprint density at radius 2 is 1.89 bits per heavy atom. The second kappa shape index (κ2) is 9.96. The number of benzene rings is 2. The fourth-order valence-corrected chi connectivity index (χ4v) is 2.23. The number of hydrogen-bond acceptors (Lipinski definition) is 6. The van der Waals surface area contributed by atoms with Crippen molar-refractivity contribution in [3.05, 3.63) is 69.9 Å². The Bertz CT molecular complexity index is 814. The van der Waals surface area contributed by atoms with Gasteiger partial charge in [-0.3, -0.25) is 14.9 Å². The third kappa shape index (κ3) is 6.81. The van der Waals surface area contributed by atoms with Crippen LogP contribution in [0.15, 0.2) is 48.7 Å². The second-order valence-electron chi connectivity index (χ2n) is 5.75. The van der Waals surface area contributed by atoms with Gasteiger partial charge in [0.05, 0.1) is 18.6 Å². The van der Waals surface area contributed by atoms with Crippen LogP contribution in [0.4, 0.5) is 0 Å². The number of carbonyl (C=O) groups is 1. The van der Waals surface area contributed by atoms with Crippen LogP contribution in [0.1, 0.15) is 24.0 Å². The van der Waals surface area contributed by atoms with Crippen LogP contribution in [0.5, 0.6) is 17.2 Å². The summed E-state index contributed by atoms with van der Waals surface area (Å²) < 4.78 is 16.1. The molecule has 0 amide bonds. The minimum Gasteiger partial charge on any atom is -0.494 e. The fourth-order valence-electron chi connectivity index (χ4n) is 2.23. The number of hydrogen-bond donors (Lipinski definition) is 0. The van der Waals surface area contributed by atoms with Crippen LogP contribution in [0, 0.1) is 17.0 Å². The van der Waals surface area contributed by atoms with Gasteiger partial charge in [-0.15, -0.1) is 0 Å². The van der Waals surface area contributed by atoms with Gasteiger partial charge in [0.2, 0.25) is 6.20 Å². The Kier molecular flexibility index (Phi) is 7.37. The minimum atomic E-state index is -0.556. The molecule has 0 atom stereocenters. The van der Waals surface area contributed by atoms with E-state index in [1.54, 1.807) is 18.2 Å². The molecule has 7 heteroatoms. The maximum Gasteiger partial charge on any atom is 0.311 e. The molecule has 0 aliphatic heterocycles. The number of aryl methyl sites for hydroxylation is 1. The SMILES string of the molecule is COc1cc(/C=C/[N+](=O)[O-])ccc1OC(=O)CCCOc1ccc(C)cc1. The van der Waals surface area contributed by atoms with Crippen LogP contribution < -0.4 is 14.2 Å². The maximum absolute atomic E-state index is 12.0. The van der Waals surface area contributed by atoms with E-state index in [9.17, 15) is 14.9 Å². The molecule has 7 nitrogen and oxygen atoms in total. The first-order chi connectivity index (χ1) is 13.0. The van der Waals surface area contributed by atoms with Gasteiger partial charge in [0, 0.05) is 12.5 Å². The van der Waals surface area contributed by atoms with E-state index in [1.165, 1.54) is 13.2 Å². The summed E-state index contributed by atoms with van der Waals surface area (Å²) in [7, 11) is 1.43. The molecule has 0 radical (unpaired) electrons. The van der Waals surface area contributed by atoms with Crippen molar-refractivity contribution in [2.45, 2.75) is 19.8 Å². The van der Waals surface area contributed by atoms with Crippen molar-refractivity contribution in [3.63, 3.8) is 0 Å². The number of ether oxygens (including phenoxy) is 3. The molecule has 0 N–H and O–H groups in total. The molecule has 0 spiro atoms. The maximum atomic E-state index is 12.0. The van der Waals surface area contributed by atoms with E-state index < -0.39 is 10.9 Å². The lowest BCUT2D eigenvalue weighted by Gasteiger charge is -2.10. The number of methoxy groups -OCH3 is 1. The zero-order chi connectivity index (χ0) is 19.6. The zero-order valence-corrected chi connectivity index (χ0v) is 15.2. The first-order valence-electron chi connectivity index (χ1n) is 8.38. The summed E-state index contributed by atoms with van der Waals surface area (Å²) in [5.74, 6) is 0.938. The lowest BCUT2D eigenvalue weighted by Crippen LogP contribution is -2.10. The second-order valence-corrected chi connectivity index (χ2v) is 5.75. The van der Waals surface area contributed by atoms with Crippen LogP contribution in [0.2, 0.25) is 0 Å². The number of nitro groups is 1. The smallest absolute Gasteiger partial charge is 0.311 e. The van der Waals surface area contributed by atoms with E-state index in [-0.39, 0.29) is 12.2 Å². The Morgan fingerprint density at radius 3 is 2.56 bits per heavy atom. The van der Waals surface area contributed by atoms with E-state index in [0.717, 1.165) is 17.5 Å². The molecule has 0 unspecified atom stereocenters. The largest absolute Gasteiger partial charge is 0.494 e. The molecule has 2 aromatic rings. The lowest BCUT2D eigenvalue weighted by atomic mass is 10.2. The summed E-state index contributed by atoms with van der Waals surface area (Å²) in [4.78, 5) is 21.8. The van der Waals surface area contributed by atoms with Gasteiger partial charge >= 0.3 is 5.97 Å². The predicted molar refractivity (Wildman–Crippen MR) is 101 cm³/mol. The van der Waals surface area contributed by atoms with Crippen molar-refractivity contribution >= 4 is 12.0 Å². The minimum absolute atomic E-state index is 0.192. The molecule has 0 aliphatic rings. The summed E-state index contributed by atoms with van der Waals surface area (Å²) in [5.41, 5.74) is 1.72. The van der Waals surface area contributed by atoms with Gasteiger partial charge in [-0.2, -0.15) is 0 Å². The molecule has 142 valence electrons. The highest BCUT2D eigenvalue weighted by atomic mass is 16.6. The highest BCUT2D eigenvalue weighted by molar-refractivity contribution is 5.73. The van der Waals surface area contributed by atoms with E-state index in [1.807, 2.05) is 31.2 Å². The first-order valence-corrected chi connectivity index (χ1v) is 8.38. The standard InChI is InChI=1S/C20H21NO6/c1-15-5-8-17(9-6-15)26-13-3-4-20(22)27-18-10-7-16(11-12-21(23)24)14-19(18)25-2/h5-12,14H,3-4,13H2,1-2H3/b12-11+. The summed E-state index contributed by atoms with van der Waals surface area (Å²) in [6, 6.07) is 12.4. The Labute approximate surface area is 157 Å². The zero-order valence-electron chi connectivity index (χ0n) is 15.2. The number of nitrogens with zero attached hydrogens (tertiary/aromatic N) is 1. The lowest BCUT2D eigenvalue weighted by molar-refractivity contribution is -0.400. The Morgan fingerprint density at radius 1 is 1.15 bits per heavy atom. The molecule has 0 bridgehead atoms. The molecular weight excluding hydrogens is 350 g/mol. The molecule has 0 saturated heterocycles. The van der Waals surface area contributed by atoms with Crippen LogP contribution in [0.25, 0.3) is 6.08 Å². The van der Waals surface area contributed by atoms with Gasteiger partial charge in [0.1, 0.15) is 5.75 Å². The van der Waals surface area contributed by atoms with Gasteiger partial charge in [0.25, 0.3) is 0 Å². The molecule has 2 rings (SSSR count). The van der Waals surface area contributed by atoms with E-state index in [2.05, 4.69) is 0 Å². The highest BCUT2D eigenvalue weighted by Gasteiger charge is 2.11. The van der Waals surface area contributed by atoms with Gasteiger partial charge < -0.3 is 14.2 Å². The van der Waals surface area contributed by atoms with Gasteiger partial charge in [-0.1, -0.05) is 23.8 Å².